The van der Waals surface area contributed by atoms with Gasteiger partial charge in [-0.1, -0.05) is 25.1 Å². The van der Waals surface area contributed by atoms with E-state index < -0.39 is 28.4 Å². The van der Waals surface area contributed by atoms with Gasteiger partial charge >= 0.3 is 0 Å². The lowest BCUT2D eigenvalue weighted by Gasteiger charge is -2.23. The molecule has 7 nitrogen and oxygen atoms in total. The van der Waals surface area contributed by atoms with E-state index in [0.29, 0.717) is 10.6 Å². The van der Waals surface area contributed by atoms with E-state index >= 15 is 0 Å². The molecule has 2 rings (SSSR count). The standard InChI is InChI=1S/C18H23N3O4S2/c1-5-15-13(3)10-16(26-15)18(23)20-19-17(22)11-21(27(4,24)25)14-9-7-6-8-12(14)2/h6-10H,5,11H2,1-4H3,(H,19,22)(H,20,23). The Kier molecular flexibility index (Phi) is 6.61. The molecular formula is C18H23N3O4S2. The van der Waals surface area contributed by atoms with E-state index in [-0.39, 0.29) is 0 Å². The van der Waals surface area contributed by atoms with Crippen molar-refractivity contribution in [2.75, 3.05) is 17.1 Å². The molecule has 0 spiro atoms. The first-order chi connectivity index (χ1) is 12.6. The monoisotopic (exact) mass is 409 g/mol. The van der Waals surface area contributed by atoms with E-state index in [1.807, 2.05) is 13.8 Å². The number of amides is 2. The highest BCUT2D eigenvalue weighted by atomic mass is 32.2. The first-order valence-corrected chi connectivity index (χ1v) is 11.0. The summed E-state index contributed by atoms with van der Waals surface area (Å²) < 4.78 is 25.2. The number of nitrogens with one attached hydrogen (secondary N) is 2. The van der Waals surface area contributed by atoms with Gasteiger partial charge in [-0.3, -0.25) is 24.7 Å². The number of hydrogen-bond acceptors (Lipinski definition) is 5. The Bertz CT molecular complexity index is 951. The summed E-state index contributed by atoms with van der Waals surface area (Å²) in [5.74, 6) is -1.07. The molecule has 2 N–H and O–H groups in total. The number of carbonyl (C=O) groups excluding carboxylic acids is 2. The number of sulfonamides is 1. The predicted octanol–water partition coefficient (Wildman–Crippen LogP) is 2.15. The Morgan fingerprint density at radius 2 is 1.78 bits per heavy atom. The largest absolute Gasteiger partial charge is 0.279 e. The van der Waals surface area contributed by atoms with Crippen molar-refractivity contribution < 1.29 is 18.0 Å². The third-order valence-electron chi connectivity index (χ3n) is 3.95. The van der Waals surface area contributed by atoms with Gasteiger partial charge in [0.2, 0.25) is 10.0 Å². The molecule has 0 aliphatic carbocycles. The van der Waals surface area contributed by atoms with Gasteiger partial charge in [-0.15, -0.1) is 11.3 Å². The number of hydrazine groups is 1. The summed E-state index contributed by atoms with van der Waals surface area (Å²) in [5.41, 5.74) is 6.79. The fourth-order valence-corrected chi connectivity index (χ4v) is 4.49. The van der Waals surface area contributed by atoms with Crippen LogP contribution in [-0.4, -0.2) is 33.0 Å². The quantitative estimate of drug-likeness (QED) is 0.715. The zero-order chi connectivity index (χ0) is 20.2. The summed E-state index contributed by atoms with van der Waals surface area (Å²) >= 11 is 1.37. The Hall–Kier alpha value is -2.39. The minimum atomic E-state index is -3.67. The van der Waals surface area contributed by atoms with Crippen LogP contribution in [-0.2, 0) is 21.2 Å². The second-order valence-corrected chi connectivity index (χ2v) is 9.17. The summed E-state index contributed by atoms with van der Waals surface area (Å²) in [4.78, 5) is 26.0. The number of para-hydroxylation sites is 1. The van der Waals surface area contributed by atoms with Crippen molar-refractivity contribution in [3.63, 3.8) is 0 Å². The maximum absolute atomic E-state index is 12.2. The fraction of sp³-hybridized carbons (Fsp3) is 0.333. The van der Waals surface area contributed by atoms with Crippen molar-refractivity contribution in [1.82, 2.24) is 10.9 Å². The molecule has 0 atom stereocenters. The molecule has 27 heavy (non-hydrogen) atoms. The molecule has 1 aromatic carbocycles. The van der Waals surface area contributed by atoms with E-state index in [9.17, 15) is 18.0 Å². The average Bonchev–Trinajstić information content (AvgIpc) is 2.98. The fourth-order valence-electron chi connectivity index (χ4n) is 2.57. The SMILES string of the molecule is CCc1sc(C(=O)NNC(=O)CN(c2ccccc2C)S(C)(=O)=O)cc1C. The topological polar surface area (TPSA) is 95.6 Å². The van der Waals surface area contributed by atoms with Crippen molar-refractivity contribution in [2.24, 2.45) is 0 Å². The van der Waals surface area contributed by atoms with Crippen molar-refractivity contribution in [3.8, 4) is 0 Å². The van der Waals surface area contributed by atoms with Crippen molar-refractivity contribution in [1.29, 1.82) is 0 Å². The average molecular weight is 410 g/mol. The normalized spacial score (nSPS) is 11.1. The minimum Gasteiger partial charge on any atom is -0.271 e. The second-order valence-electron chi connectivity index (χ2n) is 6.13. The van der Waals surface area contributed by atoms with E-state index in [1.54, 1.807) is 37.3 Å². The number of rotatable bonds is 6. The molecule has 0 fully saturated rings. The van der Waals surface area contributed by atoms with Gasteiger partial charge in [0.15, 0.2) is 0 Å². The van der Waals surface area contributed by atoms with Crippen LogP contribution in [0.4, 0.5) is 5.69 Å². The number of thiophene rings is 1. The van der Waals surface area contributed by atoms with Crippen LogP contribution in [0.25, 0.3) is 0 Å². The van der Waals surface area contributed by atoms with Crippen LogP contribution in [0.3, 0.4) is 0 Å². The minimum absolute atomic E-state index is 0.419. The number of carbonyl (C=O) groups is 2. The van der Waals surface area contributed by atoms with Crippen LogP contribution >= 0.6 is 11.3 Å². The lowest BCUT2D eigenvalue weighted by Crippen LogP contribution is -2.47. The third kappa shape index (κ3) is 5.30. The highest BCUT2D eigenvalue weighted by molar-refractivity contribution is 7.92. The summed E-state index contributed by atoms with van der Waals surface area (Å²) in [7, 11) is -3.67. The molecule has 2 aromatic rings. The van der Waals surface area contributed by atoms with Gasteiger partial charge in [-0.2, -0.15) is 0 Å². The zero-order valence-electron chi connectivity index (χ0n) is 15.7. The predicted molar refractivity (Wildman–Crippen MR) is 107 cm³/mol. The molecular weight excluding hydrogens is 386 g/mol. The maximum atomic E-state index is 12.2. The number of nitrogens with zero attached hydrogens (tertiary/aromatic N) is 1. The Labute approximate surface area is 163 Å². The van der Waals surface area contributed by atoms with E-state index in [2.05, 4.69) is 10.9 Å². The molecule has 2 amide bonds. The smallest absolute Gasteiger partial charge is 0.271 e. The molecule has 0 radical (unpaired) electrons. The van der Waals surface area contributed by atoms with Crippen molar-refractivity contribution in [3.05, 3.63) is 51.2 Å². The van der Waals surface area contributed by atoms with Crippen LogP contribution in [0, 0.1) is 13.8 Å². The summed E-state index contributed by atoms with van der Waals surface area (Å²) in [6.45, 7) is 5.26. The first kappa shape index (κ1) is 20.9. The molecule has 0 unspecified atom stereocenters. The summed E-state index contributed by atoms with van der Waals surface area (Å²) in [5, 5.41) is 0. The van der Waals surface area contributed by atoms with Crippen LogP contribution in [0.15, 0.2) is 30.3 Å². The van der Waals surface area contributed by atoms with E-state index in [0.717, 1.165) is 33.0 Å². The first-order valence-electron chi connectivity index (χ1n) is 8.35. The van der Waals surface area contributed by atoms with Gasteiger partial charge in [0.1, 0.15) is 6.54 Å². The number of hydrogen-bond donors (Lipinski definition) is 2. The van der Waals surface area contributed by atoms with Gasteiger partial charge in [0.05, 0.1) is 16.8 Å². The van der Waals surface area contributed by atoms with Crippen LogP contribution in [0.5, 0.6) is 0 Å². The lowest BCUT2D eigenvalue weighted by atomic mass is 10.2. The second kappa shape index (κ2) is 8.53. The van der Waals surface area contributed by atoms with Gasteiger partial charge in [-0.25, -0.2) is 8.42 Å². The molecule has 0 aliphatic rings. The highest BCUT2D eigenvalue weighted by Gasteiger charge is 2.22. The van der Waals surface area contributed by atoms with Gasteiger partial charge in [-0.05, 0) is 43.5 Å². The molecule has 9 heteroatoms. The number of benzene rings is 1. The summed E-state index contributed by atoms with van der Waals surface area (Å²) in [6.07, 6.45) is 1.86. The third-order valence-corrected chi connectivity index (χ3v) is 6.46. The highest BCUT2D eigenvalue weighted by Crippen LogP contribution is 2.22. The molecule has 1 heterocycles. The van der Waals surface area contributed by atoms with Crippen molar-refractivity contribution >= 4 is 38.9 Å². The zero-order valence-corrected chi connectivity index (χ0v) is 17.3. The summed E-state index contributed by atoms with van der Waals surface area (Å²) in [6, 6.07) is 8.64. The van der Waals surface area contributed by atoms with Crippen LogP contribution < -0.4 is 15.2 Å². The van der Waals surface area contributed by atoms with E-state index in [4.69, 9.17) is 0 Å². The molecule has 1 aromatic heterocycles. The number of aryl methyl sites for hydroxylation is 3. The lowest BCUT2D eigenvalue weighted by molar-refractivity contribution is -0.120. The Morgan fingerprint density at radius 1 is 1.11 bits per heavy atom. The Morgan fingerprint density at radius 3 is 2.33 bits per heavy atom. The van der Waals surface area contributed by atoms with Gasteiger partial charge in [0.25, 0.3) is 11.8 Å². The van der Waals surface area contributed by atoms with Crippen LogP contribution in [0.2, 0.25) is 0 Å². The number of anilines is 1. The molecule has 0 saturated heterocycles. The molecule has 146 valence electrons. The van der Waals surface area contributed by atoms with E-state index in [1.165, 1.54) is 11.3 Å². The molecule has 0 aliphatic heterocycles. The Balaban J connectivity index is 2.06. The van der Waals surface area contributed by atoms with Crippen LogP contribution in [0.1, 0.15) is 32.6 Å². The van der Waals surface area contributed by atoms with Gasteiger partial charge < -0.3 is 0 Å². The maximum Gasteiger partial charge on any atom is 0.279 e. The molecule has 0 bridgehead atoms. The molecule has 0 saturated carbocycles. The van der Waals surface area contributed by atoms with Crippen molar-refractivity contribution in [2.45, 2.75) is 27.2 Å². The van der Waals surface area contributed by atoms with Gasteiger partial charge in [0, 0.05) is 4.88 Å².